The zero-order valence-electron chi connectivity index (χ0n) is 11.2. The van der Waals surface area contributed by atoms with E-state index < -0.39 is 24.1 Å². The van der Waals surface area contributed by atoms with Crippen LogP contribution in [0.25, 0.3) is 0 Å². The van der Waals surface area contributed by atoms with E-state index in [1.54, 1.807) is 0 Å². The van der Waals surface area contributed by atoms with E-state index in [4.69, 9.17) is 29.2 Å². The van der Waals surface area contributed by atoms with Crippen LogP contribution in [-0.2, 0) is 28.5 Å². The molecule has 2 heterocycles. The molecule has 0 saturated carbocycles. The molecule has 2 aliphatic rings. The zero-order valence-corrected chi connectivity index (χ0v) is 11.2. The summed E-state index contributed by atoms with van der Waals surface area (Å²) in [6.07, 6.45) is -3.49. The molecule has 0 radical (unpaired) electrons. The van der Waals surface area contributed by atoms with Crippen molar-refractivity contribution in [3.8, 4) is 0 Å². The Morgan fingerprint density at radius 1 is 0.950 bits per heavy atom. The zero-order chi connectivity index (χ0) is 14.9. The molecule has 2 N–H and O–H groups in total. The van der Waals surface area contributed by atoms with E-state index in [9.17, 15) is 9.59 Å². The molecule has 0 aromatic rings. The van der Waals surface area contributed by atoms with Gasteiger partial charge in [-0.15, -0.1) is 0 Å². The van der Waals surface area contributed by atoms with E-state index in [1.165, 1.54) is 0 Å². The Bertz CT molecular complexity index is 348. The van der Waals surface area contributed by atoms with Crippen LogP contribution in [0.5, 0.6) is 0 Å². The number of carboxylic acids is 2. The topological polar surface area (TPSA) is 118 Å². The van der Waals surface area contributed by atoms with Gasteiger partial charge in [-0.1, -0.05) is 0 Å². The van der Waals surface area contributed by atoms with Crippen molar-refractivity contribution in [3.05, 3.63) is 0 Å². The number of rotatable bonds is 9. The van der Waals surface area contributed by atoms with Crippen LogP contribution in [-0.4, -0.2) is 72.0 Å². The molecule has 0 aromatic carbocycles. The lowest BCUT2D eigenvalue weighted by molar-refractivity contribution is -0.177. The van der Waals surface area contributed by atoms with Crippen LogP contribution in [0.4, 0.5) is 0 Å². The minimum absolute atomic E-state index is 0.00866. The molecule has 20 heavy (non-hydrogen) atoms. The van der Waals surface area contributed by atoms with Crippen LogP contribution >= 0.6 is 0 Å². The fourth-order valence-corrected chi connectivity index (χ4v) is 1.78. The van der Waals surface area contributed by atoms with Gasteiger partial charge in [-0.05, 0) is 13.8 Å². The highest BCUT2D eigenvalue weighted by Gasteiger charge is 2.42. The average Bonchev–Trinajstić information content (AvgIpc) is 3.23. The summed E-state index contributed by atoms with van der Waals surface area (Å²) in [6.45, 7) is 3.70. The summed E-state index contributed by atoms with van der Waals surface area (Å²) in [5.74, 6) is -2.76. The highest BCUT2D eigenvalue weighted by atomic mass is 16.6. The number of carboxylic acid groups (broad SMARTS) is 2. The summed E-state index contributed by atoms with van der Waals surface area (Å²) >= 11 is 0. The van der Waals surface area contributed by atoms with Crippen LogP contribution in [0, 0.1) is 0 Å². The van der Waals surface area contributed by atoms with E-state index in [0.29, 0.717) is 0 Å². The van der Waals surface area contributed by atoms with Crippen molar-refractivity contribution in [3.63, 3.8) is 0 Å². The smallest absolute Gasteiger partial charge is 0.336 e. The third-order valence-corrected chi connectivity index (χ3v) is 3.31. The van der Waals surface area contributed by atoms with Gasteiger partial charge >= 0.3 is 11.9 Å². The van der Waals surface area contributed by atoms with Gasteiger partial charge in [0.15, 0.2) is 12.2 Å². The van der Waals surface area contributed by atoms with Crippen LogP contribution < -0.4 is 0 Å². The van der Waals surface area contributed by atoms with Crippen molar-refractivity contribution < 1.29 is 38.7 Å². The molecule has 2 rings (SSSR count). The summed E-state index contributed by atoms with van der Waals surface area (Å²) < 4.78 is 20.4. The fourth-order valence-electron chi connectivity index (χ4n) is 1.78. The minimum Gasteiger partial charge on any atom is -0.479 e. The standard InChI is InChI=1S/C12H18O8/c1-5-7(19-5)3-17-9(11(13)14)10(12(15)16)18-4-8-6(2)20-8/h5-10H,3-4H2,1-2H3,(H,13,14)(H,15,16). The van der Waals surface area contributed by atoms with E-state index in [0.717, 1.165) is 0 Å². The monoisotopic (exact) mass is 290 g/mol. The molecule has 8 nitrogen and oxygen atoms in total. The largest absolute Gasteiger partial charge is 0.479 e. The summed E-state index contributed by atoms with van der Waals surface area (Å²) in [5, 5.41) is 18.2. The summed E-state index contributed by atoms with van der Waals surface area (Å²) in [4.78, 5) is 22.3. The second-order valence-corrected chi connectivity index (χ2v) is 4.94. The quantitative estimate of drug-likeness (QED) is 0.546. The van der Waals surface area contributed by atoms with Gasteiger partial charge in [0.2, 0.25) is 0 Å². The van der Waals surface area contributed by atoms with Gasteiger partial charge in [0.25, 0.3) is 0 Å². The van der Waals surface area contributed by atoms with Gasteiger partial charge in [0, 0.05) is 0 Å². The maximum absolute atomic E-state index is 11.1. The average molecular weight is 290 g/mol. The van der Waals surface area contributed by atoms with Crippen molar-refractivity contribution in [2.24, 2.45) is 0 Å². The molecule has 0 aliphatic carbocycles. The number of hydrogen-bond acceptors (Lipinski definition) is 6. The molecule has 2 aliphatic heterocycles. The molecular formula is C12H18O8. The summed E-state index contributed by atoms with van der Waals surface area (Å²) in [5.41, 5.74) is 0. The third kappa shape index (κ3) is 3.89. The van der Waals surface area contributed by atoms with Crippen molar-refractivity contribution >= 4 is 11.9 Å². The van der Waals surface area contributed by atoms with Crippen molar-refractivity contribution in [2.45, 2.75) is 50.5 Å². The van der Waals surface area contributed by atoms with E-state index in [1.807, 2.05) is 13.8 Å². The van der Waals surface area contributed by atoms with Gasteiger partial charge in [-0.2, -0.15) is 0 Å². The second-order valence-electron chi connectivity index (χ2n) is 4.94. The molecule has 2 saturated heterocycles. The van der Waals surface area contributed by atoms with Gasteiger partial charge in [0.05, 0.1) is 25.4 Å². The number of aliphatic carboxylic acids is 2. The first kappa shape index (κ1) is 15.2. The lowest BCUT2D eigenvalue weighted by Crippen LogP contribution is -2.45. The Morgan fingerprint density at radius 3 is 1.45 bits per heavy atom. The molecule has 0 spiro atoms. The number of epoxide rings is 2. The predicted molar refractivity (Wildman–Crippen MR) is 63.4 cm³/mol. The molecular weight excluding hydrogens is 272 g/mol. The Kier molecular flexibility index (Phi) is 4.59. The first-order valence-electron chi connectivity index (χ1n) is 6.40. The number of ether oxygens (including phenoxy) is 4. The maximum Gasteiger partial charge on any atom is 0.336 e. The predicted octanol–water partition coefficient (Wildman–Crippen LogP) is -0.499. The summed E-state index contributed by atoms with van der Waals surface area (Å²) in [6, 6.07) is 0. The van der Waals surface area contributed by atoms with Crippen LogP contribution in [0.3, 0.4) is 0 Å². The molecule has 0 bridgehead atoms. The van der Waals surface area contributed by atoms with Crippen LogP contribution in [0.15, 0.2) is 0 Å². The molecule has 6 unspecified atom stereocenters. The lowest BCUT2D eigenvalue weighted by Gasteiger charge is -2.20. The molecule has 0 amide bonds. The minimum atomic E-state index is -1.57. The lowest BCUT2D eigenvalue weighted by atomic mass is 10.2. The Balaban J connectivity index is 1.87. The molecule has 0 aromatic heterocycles. The molecule has 6 atom stereocenters. The van der Waals surface area contributed by atoms with E-state index >= 15 is 0 Å². The van der Waals surface area contributed by atoms with E-state index in [-0.39, 0.29) is 37.6 Å². The van der Waals surface area contributed by atoms with Crippen molar-refractivity contribution in [1.82, 2.24) is 0 Å². The van der Waals surface area contributed by atoms with Gasteiger partial charge < -0.3 is 29.2 Å². The van der Waals surface area contributed by atoms with Crippen LogP contribution in [0.2, 0.25) is 0 Å². The first-order valence-corrected chi connectivity index (χ1v) is 6.40. The van der Waals surface area contributed by atoms with Gasteiger partial charge in [0.1, 0.15) is 12.2 Å². The first-order chi connectivity index (χ1) is 9.40. The van der Waals surface area contributed by atoms with Crippen molar-refractivity contribution in [1.29, 1.82) is 0 Å². The normalized spacial score (nSPS) is 34.3. The fraction of sp³-hybridized carbons (Fsp3) is 0.833. The SMILES string of the molecule is CC1OC1COC(C(=O)O)C(OCC1OC1C)C(=O)O. The van der Waals surface area contributed by atoms with Gasteiger partial charge in [-0.3, -0.25) is 0 Å². The number of hydrogen-bond donors (Lipinski definition) is 2. The second kappa shape index (κ2) is 6.04. The highest BCUT2D eigenvalue weighted by Crippen LogP contribution is 2.24. The third-order valence-electron chi connectivity index (χ3n) is 3.31. The Labute approximate surface area is 115 Å². The Hall–Kier alpha value is -1.22. The van der Waals surface area contributed by atoms with Crippen LogP contribution in [0.1, 0.15) is 13.8 Å². The highest BCUT2D eigenvalue weighted by molar-refractivity contribution is 5.83. The molecule has 2 fully saturated rings. The van der Waals surface area contributed by atoms with Crippen molar-refractivity contribution in [2.75, 3.05) is 13.2 Å². The summed E-state index contributed by atoms with van der Waals surface area (Å²) in [7, 11) is 0. The number of carbonyl (C=O) groups is 2. The molecule has 114 valence electrons. The maximum atomic E-state index is 11.1. The Morgan fingerprint density at radius 2 is 1.25 bits per heavy atom. The van der Waals surface area contributed by atoms with Gasteiger partial charge in [-0.25, -0.2) is 9.59 Å². The molecule has 8 heteroatoms. The van der Waals surface area contributed by atoms with E-state index in [2.05, 4.69) is 0 Å².